The Morgan fingerprint density at radius 3 is 2.59 bits per heavy atom. The van der Waals surface area contributed by atoms with Crippen LogP contribution in [0.25, 0.3) is 0 Å². The van der Waals surface area contributed by atoms with Crippen molar-refractivity contribution >= 4 is 27.3 Å². The molecule has 94 valence electrons. The lowest BCUT2D eigenvalue weighted by molar-refractivity contribution is -0.384. The molecule has 1 aromatic carbocycles. The molecular weight excluding hydrogens is 268 g/mol. The summed E-state index contributed by atoms with van der Waals surface area (Å²) in [5.74, 6) is -0.110. The van der Waals surface area contributed by atoms with Crippen molar-refractivity contribution in [2.75, 3.05) is 12.8 Å². The minimum atomic E-state index is -3.30. The van der Waals surface area contributed by atoms with E-state index in [1.807, 2.05) is 0 Å². The molecule has 0 radical (unpaired) electrons. The van der Waals surface area contributed by atoms with Crippen LogP contribution in [0.4, 0.5) is 5.69 Å². The molecule has 0 unspecified atom stereocenters. The van der Waals surface area contributed by atoms with Crippen LogP contribution < -0.4 is 4.72 Å². The van der Waals surface area contributed by atoms with Gasteiger partial charge < -0.3 is 0 Å². The second-order valence-corrected chi connectivity index (χ2v) is 5.76. The van der Waals surface area contributed by atoms with Crippen molar-refractivity contribution in [3.63, 3.8) is 0 Å². The van der Waals surface area contributed by atoms with Crippen LogP contribution in [-0.4, -0.2) is 26.1 Å². The van der Waals surface area contributed by atoms with E-state index in [0.717, 1.165) is 0 Å². The number of nitrogens with zero attached hydrogens (tertiary/aromatic N) is 1. The Bertz CT molecular complexity index is 530. The van der Waals surface area contributed by atoms with Crippen LogP contribution in [0.2, 0.25) is 5.02 Å². The van der Waals surface area contributed by atoms with E-state index < -0.39 is 14.9 Å². The molecular formula is C9H11ClN2O4S. The molecule has 0 aromatic heterocycles. The van der Waals surface area contributed by atoms with E-state index in [0.29, 0.717) is 5.56 Å². The summed E-state index contributed by atoms with van der Waals surface area (Å²) in [4.78, 5) is 9.91. The maximum atomic E-state index is 11.2. The van der Waals surface area contributed by atoms with Gasteiger partial charge in [0.25, 0.3) is 5.69 Å². The number of nitrogens with one attached hydrogen (secondary N) is 1. The molecule has 0 aliphatic heterocycles. The second kappa shape index (κ2) is 5.44. The van der Waals surface area contributed by atoms with Crippen LogP contribution in [0.15, 0.2) is 18.2 Å². The van der Waals surface area contributed by atoms with Crippen molar-refractivity contribution < 1.29 is 13.3 Å². The lowest BCUT2D eigenvalue weighted by Crippen LogP contribution is -2.23. The van der Waals surface area contributed by atoms with Crippen molar-refractivity contribution in [2.24, 2.45) is 0 Å². The van der Waals surface area contributed by atoms with Crippen LogP contribution in [0.5, 0.6) is 0 Å². The van der Waals surface area contributed by atoms with E-state index >= 15 is 0 Å². The standard InChI is InChI=1S/C9H11ClN2O4S/c1-11-17(15,16)5-4-7-2-3-8(12(13)14)6-9(7)10/h2-3,6,11H,4-5H2,1H3. The molecule has 1 rings (SSSR count). The zero-order chi connectivity index (χ0) is 13.1. The van der Waals surface area contributed by atoms with E-state index in [4.69, 9.17) is 11.6 Å². The summed E-state index contributed by atoms with van der Waals surface area (Å²) in [6.07, 6.45) is 0.208. The number of sulfonamides is 1. The molecule has 0 spiro atoms. The number of benzene rings is 1. The first kappa shape index (κ1) is 13.9. The molecule has 6 nitrogen and oxygen atoms in total. The molecule has 0 bridgehead atoms. The number of rotatable bonds is 5. The molecule has 0 amide bonds. The zero-order valence-corrected chi connectivity index (χ0v) is 10.6. The van der Waals surface area contributed by atoms with Gasteiger partial charge in [-0.25, -0.2) is 13.1 Å². The van der Waals surface area contributed by atoms with Crippen LogP contribution in [0.3, 0.4) is 0 Å². The molecule has 8 heteroatoms. The second-order valence-electron chi connectivity index (χ2n) is 3.31. The van der Waals surface area contributed by atoms with E-state index in [9.17, 15) is 18.5 Å². The monoisotopic (exact) mass is 278 g/mol. The lowest BCUT2D eigenvalue weighted by Gasteiger charge is -2.04. The molecule has 0 heterocycles. The SMILES string of the molecule is CNS(=O)(=O)CCc1ccc([N+](=O)[O-])cc1Cl. The maximum Gasteiger partial charge on any atom is 0.270 e. The summed E-state index contributed by atoms with van der Waals surface area (Å²) < 4.78 is 24.6. The van der Waals surface area contributed by atoms with Crippen LogP contribution in [-0.2, 0) is 16.4 Å². The molecule has 0 saturated carbocycles. The largest absolute Gasteiger partial charge is 0.270 e. The summed E-state index contributed by atoms with van der Waals surface area (Å²) in [5.41, 5.74) is 0.450. The summed E-state index contributed by atoms with van der Waals surface area (Å²) in [6.45, 7) is 0. The maximum absolute atomic E-state index is 11.2. The Morgan fingerprint density at radius 1 is 1.47 bits per heavy atom. The van der Waals surface area contributed by atoms with Crippen molar-refractivity contribution in [1.29, 1.82) is 0 Å². The Labute approximate surface area is 104 Å². The Morgan fingerprint density at radius 2 is 2.12 bits per heavy atom. The fourth-order valence-electron chi connectivity index (χ4n) is 1.20. The summed E-state index contributed by atoms with van der Waals surface area (Å²) in [6, 6.07) is 3.97. The third-order valence-electron chi connectivity index (χ3n) is 2.20. The summed E-state index contributed by atoms with van der Waals surface area (Å²) >= 11 is 5.83. The smallest absolute Gasteiger partial charge is 0.258 e. The first-order valence-electron chi connectivity index (χ1n) is 4.70. The van der Waals surface area contributed by atoms with Gasteiger partial charge in [0.1, 0.15) is 0 Å². The highest BCUT2D eigenvalue weighted by molar-refractivity contribution is 7.89. The fraction of sp³-hybridized carbons (Fsp3) is 0.333. The molecule has 17 heavy (non-hydrogen) atoms. The van der Waals surface area contributed by atoms with Gasteiger partial charge in [0.15, 0.2) is 0 Å². The number of nitro benzene ring substituents is 1. The third-order valence-corrected chi connectivity index (χ3v) is 3.91. The van der Waals surface area contributed by atoms with Gasteiger partial charge >= 0.3 is 0 Å². The molecule has 0 atom stereocenters. The predicted octanol–water partition coefficient (Wildman–Crippen LogP) is 1.34. The van der Waals surface area contributed by atoms with Crippen LogP contribution in [0.1, 0.15) is 5.56 Å². The average Bonchev–Trinajstić information content (AvgIpc) is 2.27. The van der Waals surface area contributed by atoms with Crippen molar-refractivity contribution in [3.8, 4) is 0 Å². The van der Waals surface area contributed by atoms with E-state index in [1.54, 1.807) is 0 Å². The highest BCUT2D eigenvalue weighted by atomic mass is 35.5. The van der Waals surface area contributed by atoms with E-state index in [-0.39, 0.29) is 22.9 Å². The van der Waals surface area contributed by atoms with Crippen LogP contribution in [0, 0.1) is 10.1 Å². The lowest BCUT2D eigenvalue weighted by atomic mass is 10.1. The fourth-order valence-corrected chi connectivity index (χ4v) is 2.16. The van der Waals surface area contributed by atoms with Gasteiger partial charge in [0.2, 0.25) is 10.0 Å². The van der Waals surface area contributed by atoms with Crippen molar-refractivity contribution in [2.45, 2.75) is 6.42 Å². The number of aryl methyl sites for hydroxylation is 1. The Hall–Kier alpha value is -1.18. The van der Waals surface area contributed by atoms with Crippen LogP contribution >= 0.6 is 11.6 Å². The number of halogens is 1. The molecule has 0 aliphatic carbocycles. The molecule has 1 aromatic rings. The van der Waals surface area contributed by atoms with Gasteiger partial charge in [-0.1, -0.05) is 17.7 Å². The number of hydrogen-bond donors (Lipinski definition) is 1. The van der Waals surface area contributed by atoms with Gasteiger partial charge in [-0.2, -0.15) is 0 Å². The molecule has 1 N–H and O–H groups in total. The van der Waals surface area contributed by atoms with E-state index in [1.165, 1.54) is 25.2 Å². The van der Waals surface area contributed by atoms with Crippen molar-refractivity contribution in [3.05, 3.63) is 38.9 Å². The summed E-state index contributed by atoms with van der Waals surface area (Å²) in [5, 5.41) is 10.7. The van der Waals surface area contributed by atoms with Gasteiger partial charge in [-0.3, -0.25) is 10.1 Å². The van der Waals surface area contributed by atoms with Gasteiger partial charge in [0.05, 0.1) is 15.7 Å². The Balaban J connectivity index is 2.84. The normalized spacial score (nSPS) is 11.4. The van der Waals surface area contributed by atoms with Gasteiger partial charge in [0, 0.05) is 12.1 Å². The topological polar surface area (TPSA) is 89.3 Å². The number of hydrogen-bond acceptors (Lipinski definition) is 4. The molecule has 0 saturated heterocycles. The minimum absolute atomic E-state index is 0.110. The first-order chi connectivity index (χ1) is 7.85. The molecule has 0 fully saturated rings. The first-order valence-corrected chi connectivity index (χ1v) is 6.73. The highest BCUT2D eigenvalue weighted by Gasteiger charge is 2.12. The third kappa shape index (κ3) is 3.95. The average molecular weight is 279 g/mol. The quantitative estimate of drug-likeness (QED) is 0.650. The number of non-ortho nitro benzene ring substituents is 1. The van der Waals surface area contributed by atoms with Gasteiger partial charge in [-0.05, 0) is 19.0 Å². The van der Waals surface area contributed by atoms with Gasteiger partial charge in [-0.15, -0.1) is 0 Å². The number of nitro groups is 1. The minimum Gasteiger partial charge on any atom is -0.258 e. The predicted molar refractivity (Wildman–Crippen MR) is 64.7 cm³/mol. The molecule has 0 aliphatic rings. The van der Waals surface area contributed by atoms with E-state index in [2.05, 4.69) is 4.72 Å². The summed E-state index contributed by atoms with van der Waals surface area (Å²) in [7, 11) is -1.98. The zero-order valence-electron chi connectivity index (χ0n) is 9.01. The Kier molecular flexibility index (Phi) is 4.44. The highest BCUT2D eigenvalue weighted by Crippen LogP contribution is 2.22. The van der Waals surface area contributed by atoms with Crippen molar-refractivity contribution in [1.82, 2.24) is 4.72 Å².